The standard InChI is InChI=1S/C13H20N4O3S/c1-10-11(17(19)20)9-12(21-10)13(18)15-3-2-6-16-7-4-14-5-8-16/h9,14H,2-8H2,1H3,(H,15,18). The quantitative estimate of drug-likeness (QED) is 0.465. The van der Waals surface area contributed by atoms with E-state index in [1.165, 1.54) is 6.07 Å². The number of nitrogens with zero attached hydrogens (tertiary/aromatic N) is 2. The smallest absolute Gasteiger partial charge is 0.283 e. The molecule has 1 fully saturated rings. The third kappa shape index (κ3) is 4.48. The Balaban J connectivity index is 1.74. The lowest BCUT2D eigenvalue weighted by molar-refractivity contribution is -0.385. The number of nitrogens with one attached hydrogen (secondary N) is 2. The number of hydrogen-bond acceptors (Lipinski definition) is 6. The predicted molar refractivity (Wildman–Crippen MR) is 82.0 cm³/mol. The second kappa shape index (κ2) is 7.48. The van der Waals surface area contributed by atoms with Gasteiger partial charge in [-0.3, -0.25) is 14.9 Å². The van der Waals surface area contributed by atoms with Gasteiger partial charge in [0.2, 0.25) is 0 Å². The van der Waals surface area contributed by atoms with Crippen LogP contribution in [0.1, 0.15) is 21.0 Å². The van der Waals surface area contributed by atoms with Crippen LogP contribution in [0.2, 0.25) is 0 Å². The molecule has 1 saturated heterocycles. The Morgan fingerprint density at radius 2 is 2.24 bits per heavy atom. The van der Waals surface area contributed by atoms with Crippen molar-refractivity contribution in [2.24, 2.45) is 0 Å². The number of aryl methyl sites for hydroxylation is 1. The summed E-state index contributed by atoms with van der Waals surface area (Å²) in [6.45, 7) is 7.34. The number of carbonyl (C=O) groups excluding carboxylic acids is 1. The molecule has 0 aromatic carbocycles. The minimum absolute atomic E-state index is 0.0194. The topological polar surface area (TPSA) is 87.5 Å². The monoisotopic (exact) mass is 312 g/mol. The van der Waals surface area contributed by atoms with Gasteiger partial charge < -0.3 is 15.5 Å². The van der Waals surface area contributed by atoms with Crippen molar-refractivity contribution in [3.05, 3.63) is 25.9 Å². The zero-order valence-corrected chi connectivity index (χ0v) is 12.9. The third-order valence-electron chi connectivity index (χ3n) is 3.46. The summed E-state index contributed by atoms with van der Waals surface area (Å²) in [5, 5.41) is 16.9. The van der Waals surface area contributed by atoms with Crippen molar-refractivity contribution in [3.8, 4) is 0 Å². The average molecular weight is 312 g/mol. The number of nitro groups is 1. The molecule has 1 aliphatic heterocycles. The summed E-state index contributed by atoms with van der Waals surface area (Å²) in [7, 11) is 0. The molecule has 1 aliphatic rings. The van der Waals surface area contributed by atoms with Crippen LogP contribution in [-0.4, -0.2) is 55.0 Å². The van der Waals surface area contributed by atoms with Gasteiger partial charge in [0.25, 0.3) is 11.6 Å². The van der Waals surface area contributed by atoms with Gasteiger partial charge in [-0.05, 0) is 19.9 Å². The summed E-state index contributed by atoms with van der Waals surface area (Å²) in [6.07, 6.45) is 0.887. The molecule has 2 heterocycles. The normalized spacial score (nSPS) is 15.9. The first-order valence-corrected chi connectivity index (χ1v) is 7.85. The van der Waals surface area contributed by atoms with Gasteiger partial charge in [-0.15, -0.1) is 11.3 Å². The van der Waals surface area contributed by atoms with Crippen LogP contribution in [0.4, 0.5) is 5.69 Å². The Morgan fingerprint density at radius 3 is 2.86 bits per heavy atom. The van der Waals surface area contributed by atoms with Gasteiger partial charge in [0.05, 0.1) is 14.7 Å². The highest BCUT2D eigenvalue weighted by atomic mass is 32.1. The molecular weight excluding hydrogens is 292 g/mol. The maximum absolute atomic E-state index is 11.9. The Kier molecular flexibility index (Phi) is 5.66. The molecule has 1 aromatic heterocycles. The molecule has 0 bridgehead atoms. The van der Waals surface area contributed by atoms with Crippen LogP contribution < -0.4 is 10.6 Å². The predicted octanol–water partition coefficient (Wildman–Crippen LogP) is 0.990. The van der Waals surface area contributed by atoms with Crippen LogP contribution in [-0.2, 0) is 0 Å². The van der Waals surface area contributed by atoms with Crippen molar-refractivity contribution < 1.29 is 9.72 Å². The van der Waals surface area contributed by atoms with Gasteiger partial charge in [-0.2, -0.15) is 0 Å². The molecule has 0 aliphatic carbocycles. The molecule has 2 rings (SSSR count). The summed E-state index contributed by atoms with van der Waals surface area (Å²) < 4.78 is 0. The van der Waals surface area contributed by atoms with Crippen molar-refractivity contribution in [1.29, 1.82) is 0 Å². The summed E-state index contributed by atoms with van der Waals surface area (Å²) in [5.41, 5.74) is 0.0194. The average Bonchev–Trinajstić information content (AvgIpc) is 2.87. The second-order valence-corrected chi connectivity index (χ2v) is 6.27. The lowest BCUT2D eigenvalue weighted by Crippen LogP contribution is -2.44. The van der Waals surface area contributed by atoms with Crippen molar-refractivity contribution in [2.45, 2.75) is 13.3 Å². The Hall–Kier alpha value is -1.51. The Bertz CT molecular complexity index is 512. The molecule has 8 heteroatoms. The van der Waals surface area contributed by atoms with Crippen molar-refractivity contribution in [1.82, 2.24) is 15.5 Å². The fourth-order valence-corrected chi connectivity index (χ4v) is 3.20. The second-order valence-electron chi connectivity index (χ2n) is 5.01. The number of hydrogen-bond donors (Lipinski definition) is 2. The van der Waals surface area contributed by atoms with Crippen LogP contribution in [0.25, 0.3) is 0 Å². The van der Waals surface area contributed by atoms with E-state index in [1.807, 2.05) is 0 Å². The molecule has 1 amide bonds. The van der Waals surface area contributed by atoms with Gasteiger partial charge in [0, 0.05) is 38.8 Å². The van der Waals surface area contributed by atoms with E-state index in [2.05, 4.69) is 15.5 Å². The van der Waals surface area contributed by atoms with Crippen LogP contribution in [0.15, 0.2) is 6.07 Å². The van der Waals surface area contributed by atoms with E-state index >= 15 is 0 Å². The van der Waals surface area contributed by atoms with Crippen molar-refractivity contribution in [3.63, 3.8) is 0 Å². The lowest BCUT2D eigenvalue weighted by Gasteiger charge is -2.27. The highest BCUT2D eigenvalue weighted by Gasteiger charge is 2.19. The van der Waals surface area contributed by atoms with Gasteiger partial charge in [-0.1, -0.05) is 0 Å². The minimum atomic E-state index is -0.451. The van der Waals surface area contributed by atoms with E-state index in [4.69, 9.17) is 0 Å². The van der Waals surface area contributed by atoms with Gasteiger partial charge in [0.1, 0.15) is 0 Å². The lowest BCUT2D eigenvalue weighted by atomic mass is 10.3. The van der Waals surface area contributed by atoms with Gasteiger partial charge in [0.15, 0.2) is 0 Å². The summed E-state index contributed by atoms with van der Waals surface area (Å²) in [4.78, 5) is 25.6. The summed E-state index contributed by atoms with van der Waals surface area (Å²) in [6, 6.07) is 1.35. The molecule has 7 nitrogen and oxygen atoms in total. The van der Waals surface area contributed by atoms with Crippen LogP contribution in [0.5, 0.6) is 0 Å². The fourth-order valence-electron chi connectivity index (χ4n) is 2.29. The first-order valence-electron chi connectivity index (χ1n) is 7.04. The molecule has 0 saturated carbocycles. The molecule has 0 atom stereocenters. The number of amides is 1. The van der Waals surface area contributed by atoms with E-state index in [-0.39, 0.29) is 11.6 Å². The molecular formula is C13H20N4O3S. The minimum Gasteiger partial charge on any atom is -0.351 e. The van der Waals surface area contributed by atoms with Crippen molar-refractivity contribution in [2.75, 3.05) is 39.3 Å². The van der Waals surface area contributed by atoms with Crippen LogP contribution in [0.3, 0.4) is 0 Å². The maximum atomic E-state index is 11.9. The van der Waals surface area contributed by atoms with E-state index in [0.717, 1.165) is 50.5 Å². The molecule has 0 radical (unpaired) electrons. The number of carbonyl (C=O) groups is 1. The van der Waals surface area contributed by atoms with E-state index in [0.29, 0.717) is 16.3 Å². The summed E-state index contributed by atoms with van der Waals surface area (Å²) >= 11 is 1.16. The molecule has 1 aromatic rings. The molecule has 0 unspecified atom stereocenters. The molecule has 2 N–H and O–H groups in total. The zero-order chi connectivity index (χ0) is 15.2. The SMILES string of the molecule is Cc1sc(C(=O)NCCCN2CCNCC2)cc1[N+](=O)[O-]. The Labute approximate surface area is 127 Å². The Morgan fingerprint density at radius 1 is 1.52 bits per heavy atom. The first-order chi connectivity index (χ1) is 10.1. The number of piperazine rings is 1. The number of thiophene rings is 1. The first kappa shape index (κ1) is 15.9. The largest absolute Gasteiger partial charge is 0.351 e. The number of rotatable bonds is 6. The molecule has 0 spiro atoms. The van der Waals surface area contributed by atoms with Gasteiger partial charge in [-0.25, -0.2) is 0 Å². The van der Waals surface area contributed by atoms with Crippen LogP contribution >= 0.6 is 11.3 Å². The van der Waals surface area contributed by atoms with Gasteiger partial charge >= 0.3 is 0 Å². The highest BCUT2D eigenvalue weighted by Crippen LogP contribution is 2.27. The zero-order valence-electron chi connectivity index (χ0n) is 12.1. The van der Waals surface area contributed by atoms with Crippen LogP contribution in [0, 0.1) is 17.0 Å². The maximum Gasteiger partial charge on any atom is 0.283 e. The van der Waals surface area contributed by atoms with Crippen molar-refractivity contribution >= 4 is 22.9 Å². The van der Waals surface area contributed by atoms with E-state index in [9.17, 15) is 14.9 Å². The van der Waals surface area contributed by atoms with E-state index < -0.39 is 4.92 Å². The molecule has 21 heavy (non-hydrogen) atoms. The molecule has 116 valence electrons. The fraction of sp³-hybridized carbons (Fsp3) is 0.615. The van der Waals surface area contributed by atoms with E-state index in [1.54, 1.807) is 6.92 Å². The summed E-state index contributed by atoms with van der Waals surface area (Å²) in [5.74, 6) is -0.225. The highest BCUT2D eigenvalue weighted by molar-refractivity contribution is 7.14. The third-order valence-corrected chi connectivity index (χ3v) is 4.50.